The standard InChI is InChI=1S/C16H33NS/c1-7-15(2,3)12-16(4,5)13-18-14-8-10-17(6)11-9-14/h14H,7-13H2,1-6H3. The summed E-state index contributed by atoms with van der Waals surface area (Å²) in [5.74, 6) is 1.32. The summed E-state index contributed by atoms with van der Waals surface area (Å²) in [6.07, 6.45) is 5.40. The average Bonchev–Trinajstić information content (AvgIpc) is 2.27. The van der Waals surface area contributed by atoms with Crippen LogP contribution in [0.15, 0.2) is 0 Å². The van der Waals surface area contributed by atoms with Crippen LogP contribution in [0.5, 0.6) is 0 Å². The Hall–Kier alpha value is 0.310. The molecule has 0 aromatic rings. The van der Waals surface area contributed by atoms with Crippen molar-refractivity contribution in [1.82, 2.24) is 4.90 Å². The first-order valence-electron chi connectivity index (χ1n) is 7.54. The second-order valence-electron chi connectivity index (χ2n) is 7.67. The van der Waals surface area contributed by atoms with Crippen LogP contribution in [0.2, 0.25) is 0 Å². The summed E-state index contributed by atoms with van der Waals surface area (Å²) >= 11 is 2.23. The molecule has 0 radical (unpaired) electrons. The minimum atomic E-state index is 0.480. The third-order valence-corrected chi connectivity index (χ3v) is 6.18. The fourth-order valence-corrected chi connectivity index (χ4v) is 4.30. The summed E-state index contributed by atoms with van der Waals surface area (Å²) in [4.78, 5) is 2.46. The van der Waals surface area contributed by atoms with E-state index >= 15 is 0 Å². The molecule has 0 aromatic heterocycles. The highest BCUT2D eigenvalue weighted by molar-refractivity contribution is 7.99. The van der Waals surface area contributed by atoms with Crippen LogP contribution >= 0.6 is 11.8 Å². The maximum absolute atomic E-state index is 2.46. The lowest BCUT2D eigenvalue weighted by atomic mass is 9.75. The van der Waals surface area contributed by atoms with Gasteiger partial charge in [0.2, 0.25) is 0 Å². The fraction of sp³-hybridized carbons (Fsp3) is 1.00. The van der Waals surface area contributed by atoms with E-state index < -0.39 is 0 Å². The lowest BCUT2D eigenvalue weighted by Gasteiger charge is -2.36. The molecule has 1 saturated heterocycles. The fourth-order valence-electron chi connectivity index (χ4n) is 2.97. The van der Waals surface area contributed by atoms with Gasteiger partial charge in [0.05, 0.1) is 0 Å². The number of hydrogen-bond acceptors (Lipinski definition) is 2. The van der Waals surface area contributed by atoms with Gasteiger partial charge in [-0.1, -0.05) is 41.0 Å². The van der Waals surface area contributed by atoms with Crippen LogP contribution in [-0.2, 0) is 0 Å². The van der Waals surface area contributed by atoms with Crippen LogP contribution in [0, 0.1) is 10.8 Å². The summed E-state index contributed by atoms with van der Waals surface area (Å²) < 4.78 is 0. The Balaban J connectivity index is 2.32. The zero-order valence-electron chi connectivity index (χ0n) is 13.4. The van der Waals surface area contributed by atoms with Crippen molar-refractivity contribution in [2.75, 3.05) is 25.9 Å². The molecule has 1 aliphatic heterocycles. The van der Waals surface area contributed by atoms with E-state index in [1.54, 1.807) is 0 Å². The van der Waals surface area contributed by atoms with Gasteiger partial charge in [-0.2, -0.15) is 11.8 Å². The molecule has 0 saturated carbocycles. The molecule has 1 rings (SSSR count). The van der Waals surface area contributed by atoms with Crippen LogP contribution in [0.1, 0.15) is 60.3 Å². The molecule has 1 heterocycles. The van der Waals surface area contributed by atoms with E-state index in [0.717, 1.165) is 5.25 Å². The van der Waals surface area contributed by atoms with Crippen LogP contribution in [0.25, 0.3) is 0 Å². The summed E-state index contributed by atoms with van der Waals surface area (Å²) in [7, 11) is 2.24. The van der Waals surface area contributed by atoms with Crippen molar-refractivity contribution in [3.05, 3.63) is 0 Å². The van der Waals surface area contributed by atoms with E-state index in [2.05, 4.69) is 58.3 Å². The number of likely N-dealkylation sites (tertiary alicyclic amines) is 1. The molecule has 1 fully saturated rings. The summed E-state index contributed by atoms with van der Waals surface area (Å²) in [5, 5.41) is 0.908. The van der Waals surface area contributed by atoms with Crippen LogP contribution in [0.3, 0.4) is 0 Å². The first-order valence-corrected chi connectivity index (χ1v) is 8.59. The lowest BCUT2D eigenvalue weighted by molar-refractivity contribution is 0.209. The second-order valence-corrected chi connectivity index (χ2v) is 8.96. The summed E-state index contributed by atoms with van der Waals surface area (Å²) in [6.45, 7) is 14.6. The van der Waals surface area contributed by atoms with Crippen molar-refractivity contribution >= 4 is 11.8 Å². The maximum atomic E-state index is 2.46. The molecule has 0 N–H and O–H groups in total. The van der Waals surface area contributed by atoms with Crippen molar-refractivity contribution in [3.63, 3.8) is 0 Å². The van der Waals surface area contributed by atoms with E-state index in [1.165, 1.54) is 44.5 Å². The predicted molar refractivity (Wildman–Crippen MR) is 85.4 cm³/mol. The van der Waals surface area contributed by atoms with Crippen molar-refractivity contribution < 1.29 is 0 Å². The largest absolute Gasteiger partial charge is 0.306 e. The van der Waals surface area contributed by atoms with E-state index in [9.17, 15) is 0 Å². The van der Waals surface area contributed by atoms with Gasteiger partial charge in [0.1, 0.15) is 0 Å². The Bertz CT molecular complexity index is 239. The van der Waals surface area contributed by atoms with Gasteiger partial charge < -0.3 is 4.90 Å². The minimum Gasteiger partial charge on any atom is -0.306 e. The lowest BCUT2D eigenvalue weighted by Crippen LogP contribution is -2.32. The summed E-state index contributed by atoms with van der Waals surface area (Å²) in [5.41, 5.74) is 0.977. The highest BCUT2D eigenvalue weighted by Gasteiger charge is 2.29. The topological polar surface area (TPSA) is 3.24 Å². The molecule has 1 aliphatic rings. The van der Waals surface area contributed by atoms with Crippen molar-refractivity contribution in [1.29, 1.82) is 0 Å². The SMILES string of the molecule is CCC(C)(C)CC(C)(C)CSC1CCN(C)CC1. The maximum Gasteiger partial charge on any atom is 0.00715 e. The van der Waals surface area contributed by atoms with Gasteiger partial charge in [-0.3, -0.25) is 0 Å². The molecular weight excluding hydrogens is 238 g/mol. The highest BCUT2D eigenvalue weighted by atomic mass is 32.2. The molecule has 0 aliphatic carbocycles. The Kier molecular flexibility index (Phi) is 6.05. The zero-order chi connectivity index (χ0) is 13.8. The smallest absolute Gasteiger partial charge is 0.00715 e. The van der Waals surface area contributed by atoms with E-state index in [4.69, 9.17) is 0 Å². The van der Waals surface area contributed by atoms with Crippen molar-refractivity contribution in [2.45, 2.75) is 65.6 Å². The number of nitrogens with zero attached hydrogens (tertiary/aromatic N) is 1. The molecule has 18 heavy (non-hydrogen) atoms. The van der Waals surface area contributed by atoms with Crippen molar-refractivity contribution in [2.24, 2.45) is 10.8 Å². The first-order chi connectivity index (χ1) is 8.24. The predicted octanol–water partition coefficient (Wildman–Crippen LogP) is 4.67. The van der Waals surface area contributed by atoms with E-state index in [-0.39, 0.29) is 0 Å². The Morgan fingerprint density at radius 3 is 2.11 bits per heavy atom. The van der Waals surface area contributed by atoms with Crippen molar-refractivity contribution in [3.8, 4) is 0 Å². The molecule has 0 amide bonds. The van der Waals surface area contributed by atoms with Gasteiger partial charge in [0, 0.05) is 5.25 Å². The summed E-state index contributed by atoms with van der Waals surface area (Å²) in [6, 6.07) is 0. The van der Waals surface area contributed by atoms with Crippen LogP contribution < -0.4 is 0 Å². The first kappa shape index (κ1) is 16.4. The molecule has 0 atom stereocenters. The molecule has 0 spiro atoms. The third-order valence-electron chi connectivity index (χ3n) is 4.29. The molecule has 1 nitrogen and oxygen atoms in total. The van der Waals surface area contributed by atoms with Crippen LogP contribution in [-0.4, -0.2) is 36.0 Å². The average molecular weight is 272 g/mol. The Morgan fingerprint density at radius 1 is 1.06 bits per heavy atom. The normalized spacial score (nSPS) is 20.3. The molecular formula is C16H33NS. The monoisotopic (exact) mass is 271 g/mol. The van der Waals surface area contributed by atoms with Crippen LogP contribution in [0.4, 0.5) is 0 Å². The van der Waals surface area contributed by atoms with Gasteiger partial charge in [0.15, 0.2) is 0 Å². The Labute approximate surface area is 119 Å². The quantitative estimate of drug-likeness (QED) is 0.691. The van der Waals surface area contributed by atoms with Gasteiger partial charge in [-0.05, 0) is 56.0 Å². The second kappa shape index (κ2) is 6.65. The molecule has 0 bridgehead atoms. The van der Waals surface area contributed by atoms with E-state index in [0.29, 0.717) is 10.8 Å². The number of hydrogen-bond donors (Lipinski definition) is 0. The minimum absolute atomic E-state index is 0.480. The highest BCUT2D eigenvalue weighted by Crippen LogP contribution is 2.39. The van der Waals surface area contributed by atoms with E-state index in [1.807, 2.05) is 0 Å². The molecule has 108 valence electrons. The zero-order valence-corrected chi connectivity index (χ0v) is 14.2. The number of piperidine rings is 1. The van der Waals surface area contributed by atoms with Gasteiger partial charge >= 0.3 is 0 Å². The molecule has 0 unspecified atom stereocenters. The number of thioether (sulfide) groups is 1. The van der Waals surface area contributed by atoms with Gasteiger partial charge in [0.25, 0.3) is 0 Å². The molecule has 0 aromatic carbocycles. The molecule has 2 heteroatoms. The van der Waals surface area contributed by atoms with Gasteiger partial charge in [-0.25, -0.2) is 0 Å². The van der Waals surface area contributed by atoms with Gasteiger partial charge in [-0.15, -0.1) is 0 Å². The third kappa shape index (κ3) is 5.97. The number of rotatable bonds is 6. The Morgan fingerprint density at radius 2 is 1.61 bits per heavy atom.